The molecule has 1 unspecified atom stereocenters. The number of nitrogens with zero attached hydrogens (tertiary/aromatic N) is 1. The molecule has 2 rings (SSSR count). The molecule has 20 heavy (non-hydrogen) atoms. The highest BCUT2D eigenvalue weighted by atomic mass is 16.1. The second-order valence-corrected chi connectivity index (χ2v) is 5.71. The molecule has 0 bridgehead atoms. The first-order valence-electron chi connectivity index (χ1n) is 7.49. The van der Waals surface area contributed by atoms with Crippen LogP contribution in [0.1, 0.15) is 31.7 Å². The fraction of sp³-hybridized carbons (Fsp3) is 0.562. The van der Waals surface area contributed by atoms with Crippen LogP contribution in [0, 0.1) is 5.92 Å². The van der Waals surface area contributed by atoms with Crippen LogP contribution >= 0.6 is 0 Å². The van der Waals surface area contributed by atoms with E-state index in [0.717, 1.165) is 36.8 Å². The van der Waals surface area contributed by atoms with Crippen LogP contribution in [0.4, 0.5) is 5.69 Å². The van der Waals surface area contributed by atoms with Gasteiger partial charge in [0.1, 0.15) is 0 Å². The summed E-state index contributed by atoms with van der Waals surface area (Å²) in [5.74, 6) is 0.828. The Morgan fingerprint density at radius 3 is 3.00 bits per heavy atom. The molecule has 1 aliphatic rings. The zero-order valence-electron chi connectivity index (χ0n) is 12.3. The van der Waals surface area contributed by atoms with Crippen molar-refractivity contribution in [3.8, 4) is 0 Å². The molecule has 110 valence electrons. The zero-order valence-corrected chi connectivity index (χ0v) is 12.3. The number of hydrogen-bond acceptors (Lipinski definition) is 3. The quantitative estimate of drug-likeness (QED) is 0.866. The normalized spacial score (nSPS) is 19.8. The summed E-state index contributed by atoms with van der Waals surface area (Å²) in [5, 5.41) is 2.97. The first kappa shape index (κ1) is 15.0. The van der Waals surface area contributed by atoms with Crippen LogP contribution in [0.3, 0.4) is 0 Å². The van der Waals surface area contributed by atoms with Crippen molar-refractivity contribution in [2.75, 3.05) is 25.0 Å². The molecule has 0 saturated carbocycles. The van der Waals surface area contributed by atoms with Gasteiger partial charge in [0.05, 0.1) is 0 Å². The van der Waals surface area contributed by atoms with Crippen molar-refractivity contribution in [2.45, 2.75) is 32.7 Å². The van der Waals surface area contributed by atoms with E-state index in [9.17, 15) is 4.79 Å². The molecular weight excluding hydrogens is 250 g/mol. The number of rotatable bonds is 5. The van der Waals surface area contributed by atoms with E-state index in [-0.39, 0.29) is 5.91 Å². The third-order valence-corrected chi connectivity index (χ3v) is 3.91. The number of benzene rings is 1. The standard InChI is InChI=1S/C16H25N3O/c1-13-5-4-9-19(12-13)10-8-16(20)18-15-7-3-2-6-14(15)11-17/h2-3,6-7,13H,4-5,8-12,17H2,1H3,(H,18,20). The van der Waals surface area contributed by atoms with Gasteiger partial charge in [0.25, 0.3) is 0 Å². The van der Waals surface area contributed by atoms with E-state index >= 15 is 0 Å². The molecule has 3 N–H and O–H groups in total. The second-order valence-electron chi connectivity index (χ2n) is 5.71. The van der Waals surface area contributed by atoms with E-state index in [1.807, 2.05) is 24.3 Å². The predicted molar refractivity (Wildman–Crippen MR) is 82.4 cm³/mol. The molecular formula is C16H25N3O. The molecule has 0 aliphatic carbocycles. The number of nitrogens with one attached hydrogen (secondary N) is 1. The van der Waals surface area contributed by atoms with Crippen molar-refractivity contribution in [3.05, 3.63) is 29.8 Å². The number of hydrogen-bond donors (Lipinski definition) is 2. The van der Waals surface area contributed by atoms with Crippen LogP contribution in [0.5, 0.6) is 0 Å². The van der Waals surface area contributed by atoms with Gasteiger partial charge in [-0.05, 0) is 36.9 Å². The van der Waals surface area contributed by atoms with Crippen molar-refractivity contribution < 1.29 is 4.79 Å². The minimum atomic E-state index is 0.0733. The van der Waals surface area contributed by atoms with Crippen molar-refractivity contribution in [3.63, 3.8) is 0 Å². The topological polar surface area (TPSA) is 58.4 Å². The Morgan fingerprint density at radius 1 is 1.45 bits per heavy atom. The van der Waals surface area contributed by atoms with Crippen LogP contribution in [-0.4, -0.2) is 30.4 Å². The highest BCUT2D eigenvalue weighted by Gasteiger charge is 2.16. The van der Waals surface area contributed by atoms with Gasteiger partial charge in [-0.2, -0.15) is 0 Å². The van der Waals surface area contributed by atoms with Gasteiger partial charge in [0.2, 0.25) is 5.91 Å². The SMILES string of the molecule is CC1CCCN(CCC(=O)Nc2ccccc2CN)C1. The Hall–Kier alpha value is -1.39. The van der Waals surface area contributed by atoms with E-state index in [0.29, 0.717) is 13.0 Å². The lowest BCUT2D eigenvalue weighted by molar-refractivity contribution is -0.116. The molecule has 1 fully saturated rings. The number of anilines is 1. The summed E-state index contributed by atoms with van der Waals surface area (Å²) in [6.07, 6.45) is 3.11. The highest BCUT2D eigenvalue weighted by molar-refractivity contribution is 5.91. The van der Waals surface area contributed by atoms with Crippen LogP contribution in [0.25, 0.3) is 0 Å². The minimum Gasteiger partial charge on any atom is -0.326 e. The van der Waals surface area contributed by atoms with Crippen molar-refractivity contribution in [1.29, 1.82) is 0 Å². The van der Waals surface area contributed by atoms with Crippen molar-refractivity contribution in [1.82, 2.24) is 4.90 Å². The number of piperidine rings is 1. The number of amides is 1. The Labute approximate surface area is 121 Å². The number of carbonyl (C=O) groups is 1. The number of carbonyl (C=O) groups excluding carboxylic acids is 1. The molecule has 1 aliphatic heterocycles. The van der Waals surface area contributed by atoms with E-state index < -0.39 is 0 Å². The third-order valence-electron chi connectivity index (χ3n) is 3.91. The van der Waals surface area contributed by atoms with Gasteiger partial charge >= 0.3 is 0 Å². The molecule has 1 saturated heterocycles. The van der Waals surface area contributed by atoms with Gasteiger partial charge in [-0.1, -0.05) is 25.1 Å². The van der Waals surface area contributed by atoms with Crippen LogP contribution in [-0.2, 0) is 11.3 Å². The average molecular weight is 275 g/mol. The number of likely N-dealkylation sites (tertiary alicyclic amines) is 1. The zero-order chi connectivity index (χ0) is 14.4. The molecule has 0 aromatic heterocycles. The Bertz CT molecular complexity index is 447. The Morgan fingerprint density at radius 2 is 2.25 bits per heavy atom. The van der Waals surface area contributed by atoms with Gasteiger partial charge < -0.3 is 16.0 Å². The molecule has 1 atom stereocenters. The molecule has 1 aromatic carbocycles. The summed E-state index contributed by atoms with van der Waals surface area (Å²) in [4.78, 5) is 14.4. The van der Waals surface area contributed by atoms with Gasteiger partial charge in [0, 0.05) is 31.7 Å². The summed E-state index contributed by atoms with van der Waals surface area (Å²) in [7, 11) is 0. The maximum atomic E-state index is 12.0. The average Bonchev–Trinajstić information content (AvgIpc) is 2.46. The van der Waals surface area contributed by atoms with Crippen molar-refractivity contribution >= 4 is 11.6 Å². The lowest BCUT2D eigenvalue weighted by Gasteiger charge is -2.30. The van der Waals surface area contributed by atoms with Gasteiger partial charge in [-0.3, -0.25) is 4.79 Å². The Balaban J connectivity index is 1.80. The summed E-state index contributed by atoms with van der Waals surface area (Å²) in [6.45, 7) is 5.81. The fourth-order valence-electron chi connectivity index (χ4n) is 2.78. The van der Waals surface area contributed by atoms with Crippen LogP contribution in [0.2, 0.25) is 0 Å². The summed E-state index contributed by atoms with van der Waals surface area (Å²) < 4.78 is 0. The predicted octanol–water partition coefficient (Wildman–Crippen LogP) is 2.21. The molecule has 4 heteroatoms. The van der Waals surface area contributed by atoms with Crippen LogP contribution in [0.15, 0.2) is 24.3 Å². The monoisotopic (exact) mass is 275 g/mol. The lowest BCUT2D eigenvalue weighted by atomic mass is 10.0. The summed E-state index contributed by atoms with van der Waals surface area (Å²) >= 11 is 0. The van der Waals surface area contributed by atoms with Crippen molar-refractivity contribution in [2.24, 2.45) is 11.7 Å². The third kappa shape index (κ3) is 4.32. The minimum absolute atomic E-state index is 0.0733. The first-order valence-corrected chi connectivity index (χ1v) is 7.49. The van der Waals surface area contributed by atoms with Gasteiger partial charge in [-0.15, -0.1) is 0 Å². The maximum Gasteiger partial charge on any atom is 0.225 e. The smallest absolute Gasteiger partial charge is 0.225 e. The first-order chi connectivity index (χ1) is 9.69. The van der Waals surface area contributed by atoms with E-state index in [1.165, 1.54) is 12.8 Å². The largest absolute Gasteiger partial charge is 0.326 e. The van der Waals surface area contributed by atoms with E-state index in [4.69, 9.17) is 5.73 Å². The summed E-state index contributed by atoms with van der Waals surface area (Å²) in [5.41, 5.74) is 7.49. The molecule has 0 spiro atoms. The summed E-state index contributed by atoms with van der Waals surface area (Å²) in [6, 6.07) is 7.71. The molecule has 0 radical (unpaired) electrons. The molecule has 4 nitrogen and oxygen atoms in total. The van der Waals surface area contributed by atoms with Crippen LogP contribution < -0.4 is 11.1 Å². The highest BCUT2D eigenvalue weighted by Crippen LogP contribution is 2.17. The Kier molecular flexibility index (Phi) is 5.56. The maximum absolute atomic E-state index is 12.0. The van der Waals surface area contributed by atoms with E-state index in [2.05, 4.69) is 17.1 Å². The second kappa shape index (κ2) is 7.41. The van der Waals surface area contributed by atoms with Gasteiger partial charge in [0.15, 0.2) is 0 Å². The lowest BCUT2D eigenvalue weighted by Crippen LogP contribution is -2.36. The van der Waals surface area contributed by atoms with E-state index in [1.54, 1.807) is 0 Å². The number of para-hydroxylation sites is 1. The molecule has 1 amide bonds. The molecule has 1 aromatic rings. The molecule has 1 heterocycles. The number of nitrogens with two attached hydrogens (primary N) is 1. The van der Waals surface area contributed by atoms with Gasteiger partial charge in [-0.25, -0.2) is 0 Å². The fourth-order valence-corrected chi connectivity index (χ4v) is 2.78.